The van der Waals surface area contributed by atoms with E-state index in [4.69, 9.17) is 9.47 Å². The van der Waals surface area contributed by atoms with Crippen LogP contribution in [0.1, 0.15) is 22.8 Å². The molecule has 0 radical (unpaired) electrons. The number of anilines is 1. The Kier molecular flexibility index (Phi) is 6.76. The van der Waals surface area contributed by atoms with Gasteiger partial charge in [0.25, 0.3) is 5.91 Å². The minimum Gasteiger partial charge on any atom is -0.449 e. The van der Waals surface area contributed by atoms with Crippen molar-refractivity contribution in [3.63, 3.8) is 0 Å². The Morgan fingerprint density at radius 3 is 2.41 bits per heavy atom. The molecule has 0 bridgehead atoms. The van der Waals surface area contributed by atoms with Gasteiger partial charge in [-0.25, -0.2) is 4.79 Å². The van der Waals surface area contributed by atoms with Crippen LogP contribution in [-0.2, 0) is 20.9 Å². The average Bonchev–Trinajstić information content (AvgIpc) is 2.75. The summed E-state index contributed by atoms with van der Waals surface area (Å²) in [4.78, 5) is 25.0. The van der Waals surface area contributed by atoms with Crippen LogP contribution in [0.3, 0.4) is 0 Å². The number of hydrogen-bond donors (Lipinski definition) is 1. The SMILES string of the molecule is COCc1cccc(C(=O)O[C@H](C)C(=O)Nc2ccccc2-c2ccccc2)c1. The van der Waals surface area contributed by atoms with E-state index >= 15 is 0 Å². The fraction of sp³-hybridized carbons (Fsp3) is 0.167. The summed E-state index contributed by atoms with van der Waals surface area (Å²) in [5.41, 5.74) is 3.78. The molecule has 0 saturated heterocycles. The van der Waals surface area contributed by atoms with Gasteiger partial charge in [-0.1, -0.05) is 60.7 Å². The molecule has 3 rings (SSSR count). The Balaban J connectivity index is 1.69. The van der Waals surface area contributed by atoms with Crippen molar-refractivity contribution in [3.8, 4) is 11.1 Å². The van der Waals surface area contributed by atoms with Crippen molar-refractivity contribution < 1.29 is 19.1 Å². The molecule has 0 heterocycles. The second-order valence-corrected chi connectivity index (χ2v) is 6.58. The van der Waals surface area contributed by atoms with Gasteiger partial charge in [0.15, 0.2) is 6.10 Å². The van der Waals surface area contributed by atoms with Gasteiger partial charge < -0.3 is 14.8 Å². The standard InChI is InChI=1S/C24H23NO4/c1-17(29-24(27)20-12-8-9-18(15-20)16-28-2)23(26)25-22-14-7-6-13-21(22)19-10-4-3-5-11-19/h3-15,17H,16H2,1-2H3,(H,25,26)/t17-/m1/s1. The van der Waals surface area contributed by atoms with Crippen molar-refractivity contribution >= 4 is 17.6 Å². The molecule has 0 aliphatic heterocycles. The zero-order valence-corrected chi connectivity index (χ0v) is 16.4. The second-order valence-electron chi connectivity index (χ2n) is 6.58. The predicted molar refractivity (Wildman–Crippen MR) is 113 cm³/mol. The lowest BCUT2D eigenvalue weighted by Gasteiger charge is -2.16. The fourth-order valence-electron chi connectivity index (χ4n) is 2.93. The first kappa shape index (κ1) is 20.3. The molecular formula is C24H23NO4. The number of amides is 1. The predicted octanol–water partition coefficient (Wildman–Crippen LogP) is 4.68. The molecule has 1 N–H and O–H groups in total. The van der Waals surface area contributed by atoms with Crippen LogP contribution in [-0.4, -0.2) is 25.1 Å². The van der Waals surface area contributed by atoms with Crippen molar-refractivity contribution in [2.45, 2.75) is 19.6 Å². The largest absolute Gasteiger partial charge is 0.449 e. The Bertz CT molecular complexity index is 985. The number of ether oxygens (including phenoxy) is 2. The lowest BCUT2D eigenvalue weighted by molar-refractivity contribution is -0.123. The van der Waals surface area contributed by atoms with E-state index in [-0.39, 0.29) is 0 Å². The van der Waals surface area contributed by atoms with E-state index in [0.717, 1.165) is 16.7 Å². The van der Waals surface area contributed by atoms with Crippen LogP contribution in [0.4, 0.5) is 5.69 Å². The smallest absolute Gasteiger partial charge is 0.338 e. The van der Waals surface area contributed by atoms with Gasteiger partial charge in [-0.3, -0.25) is 4.79 Å². The molecule has 1 amide bonds. The van der Waals surface area contributed by atoms with Crippen LogP contribution >= 0.6 is 0 Å². The number of esters is 1. The summed E-state index contributed by atoms with van der Waals surface area (Å²) in [5, 5.41) is 2.86. The molecule has 0 fully saturated rings. The topological polar surface area (TPSA) is 64.6 Å². The molecule has 3 aromatic carbocycles. The first-order valence-corrected chi connectivity index (χ1v) is 9.32. The van der Waals surface area contributed by atoms with E-state index < -0.39 is 18.0 Å². The fourth-order valence-corrected chi connectivity index (χ4v) is 2.93. The summed E-state index contributed by atoms with van der Waals surface area (Å²) >= 11 is 0. The third-order valence-electron chi connectivity index (χ3n) is 4.40. The van der Waals surface area contributed by atoms with Gasteiger partial charge in [0.05, 0.1) is 12.2 Å². The van der Waals surface area contributed by atoms with Gasteiger partial charge in [0.1, 0.15) is 0 Å². The van der Waals surface area contributed by atoms with Crippen molar-refractivity contribution in [2.24, 2.45) is 0 Å². The van der Waals surface area contributed by atoms with E-state index in [2.05, 4.69) is 5.32 Å². The highest BCUT2D eigenvalue weighted by Crippen LogP contribution is 2.27. The molecule has 5 nitrogen and oxygen atoms in total. The summed E-state index contributed by atoms with van der Waals surface area (Å²) in [5.74, 6) is -0.947. The van der Waals surface area contributed by atoms with E-state index in [9.17, 15) is 9.59 Å². The summed E-state index contributed by atoms with van der Waals surface area (Å²) in [6.07, 6.45) is -0.947. The number of methoxy groups -OCH3 is 1. The van der Waals surface area contributed by atoms with Crippen LogP contribution in [0, 0.1) is 0 Å². The Hall–Kier alpha value is -3.44. The molecule has 5 heteroatoms. The maximum Gasteiger partial charge on any atom is 0.338 e. The second kappa shape index (κ2) is 9.66. The lowest BCUT2D eigenvalue weighted by Crippen LogP contribution is -2.30. The highest BCUT2D eigenvalue weighted by Gasteiger charge is 2.20. The summed E-state index contributed by atoms with van der Waals surface area (Å²) in [6, 6.07) is 24.2. The van der Waals surface area contributed by atoms with Crippen LogP contribution in [0.15, 0.2) is 78.9 Å². The van der Waals surface area contributed by atoms with E-state index in [1.807, 2.05) is 60.7 Å². The zero-order valence-electron chi connectivity index (χ0n) is 16.4. The maximum atomic E-state index is 12.6. The van der Waals surface area contributed by atoms with Crippen LogP contribution < -0.4 is 5.32 Å². The van der Waals surface area contributed by atoms with Crippen LogP contribution in [0.25, 0.3) is 11.1 Å². The molecule has 148 valence electrons. The van der Waals surface area contributed by atoms with Crippen LogP contribution in [0.5, 0.6) is 0 Å². The number of carbonyl (C=O) groups is 2. The third kappa shape index (κ3) is 5.30. The first-order valence-electron chi connectivity index (χ1n) is 9.32. The van der Waals surface area contributed by atoms with E-state index in [1.54, 1.807) is 32.2 Å². The normalized spacial score (nSPS) is 11.5. The Morgan fingerprint density at radius 1 is 0.931 bits per heavy atom. The minimum absolute atomic E-state index is 0.379. The first-order chi connectivity index (χ1) is 14.1. The van der Waals surface area contributed by atoms with Gasteiger partial charge in [-0.2, -0.15) is 0 Å². The molecule has 0 aliphatic rings. The Morgan fingerprint density at radius 2 is 1.66 bits per heavy atom. The summed E-state index contributed by atoms with van der Waals surface area (Å²) in [6.45, 7) is 1.95. The average molecular weight is 389 g/mol. The number of para-hydroxylation sites is 1. The zero-order chi connectivity index (χ0) is 20.6. The van der Waals surface area contributed by atoms with Crippen molar-refractivity contribution in [1.82, 2.24) is 0 Å². The van der Waals surface area contributed by atoms with Gasteiger partial charge in [0, 0.05) is 18.4 Å². The van der Waals surface area contributed by atoms with Gasteiger partial charge in [0.2, 0.25) is 0 Å². The minimum atomic E-state index is -0.947. The summed E-state index contributed by atoms with van der Waals surface area (Å²) in [7, 11) is 1.59. The number of hydrogen-bond acceptors (Lipinski definition) is 4. The lowest BCUT2D eigenvalue weighted by atomic mass is 10.0. The molecule has 0 saturated carbocycles. The van der Waals surface area contributed by atoms with Crippen LogP contribution in [0.2, 0.25) is 0 Å². The molecular weight excluding hydrogens is 366 g/mol. The molecule has 3 aromatic rings. The van der Waals surface area contributed by atoms with Crippen molar-refractivity contribution in [3.05, 3.63) is 90.0 Å². The van der Waals surface area contributed by atoms with Crippen molar-refractivity contribution in [1.29, 1.82) is 0 Å². The highest BCUT2D eigenvalue weighted by atomic mass is 16.5. The quantitative estimate of drug-likeness (QED) is 0.596. The third-order valence-corrected chi connectivity index (χ3v) is 4.40. The maximum absolute atomic E-state index is 12.6. The summed E-state index contributed by atoms with van der Waals surface area (Å²) < 4.78 is 10.4. The highest BCUT2D eigenvalue weighted by molar-refractivity contribution is 5.99. The molecule has 0 unspecified atom stereocenters. The molecule has 0 spiro atoms. The number of rotatable bonds is 7. The van der Waals surface area contributed by atoms with Gasteiger partial charge in [-0.15, -0.1) is 0 Å². The number of benzene rings is 3. The van der Waals surface area contributed by atoms with Crippen molar-refractivity contribution in [2.75, 3.05) is 12.4 Å². The molecule has 1 atom stereocenters. The monoisotopic (exact) mass is 389 g/mol. The number of carbonyl (C=O) groups excluding carboxylic acids is 2. The van der Waals surface area contributed by atoms with Gasteiger partial charge >= 0.3 is 5.97 Å². The Labute approximate surface area is 170 Å². The van der Waals surface area contributed by atoms with E-state index in [1.165, 1.54) is 0 Å². The molecule has 0 aliphatic carbocycles. The van der Waals surface area contributed by atoms with Gasteiger partial charge in [-0.05, 0) is 36.2 Å². The van der Waals surface area contributed by atoms with E-state index in [0.29, 0.717) is 17.9 Å². The molecule has 0 aromatic heterocycles. The number of nitrogens with one attached hydrogen (secondary N) is 1. The molecule has 29 heavy (non-hydrogen) atoms.